The highest BCUT2D eigenvalue weighted by molar-refractivity contribution is 6.19. The lowest BCUT2D eigenvalue weighted by Gasteiger charge is -2.28. The van der Waals surface area contributed by atoms with E-state index in [-0.39, 0.29) is 0 Å². The Hall–Kier alpha value is -1.82. The van der Waals surface area contributed by atoms with Crippen LogP contribution in [0.2, 0.25) is 0 Å². The van der Waals surface area contributed by atoms with E-state index < -0.39 is 34.4 Å². The molecule has 0 amide bonds. The third-order valence-electron chi connectivity index (χ3n) is 2.59. The summed E-state index contributed by atoms with van der Waals surface area (Å²) in [6, 6.07) is 4.45. The maximum Gasteiger partial charge on any atom is 0.314 e. The van der Waals surface area contributed by atoms with Gasteiger partial charge in [-0.1, -0.05) is 24.3 Å². The highest BCUT2D eigenvalue weighted by Gasteiger charge is 2.66. The van der Waals surface area contributed by atoms with E-state index in [1.165, 1.54) is 12.1 Å². The molecule has 0 radical (unpaired) electrons. The summed E-state index contributed by atoms with van der Waals surface area (Å²) in [5.74, 6) is -8.23. The number of carbonyl (C=O) groups is 2. The number of carboxylic acids is 1. The van der Waals surface area contributed by atoms with Crippen molar-refractivity contribution in [1.29, 1.82) is 0 Å². The molecule has 2 rings (SSSR count). The van der Waals surface area contributed by atoms with Crippen LogP contribution in [-0.4, -0.2) is 22.5 Å². The van der Waals surface area contributed by atoms with Crippen molar-refractivity contribution in [1.82, 2.24) is 0 Å². The molecular weight excluding hydrogens is 222 g/mol. The quantitative estimate of drug-likeness (QED) is 0.653. The molecule has 0 bridgehead atoms. The third kappa shape index (κ3) is 0.943. The number of benzene rings is 1. The lowest BCUT2D eigenvalue weighted by Crippen LogP contribution is -2.59. The fourth-order valence-corrected chi connectivity index (χ4v) is 1.71. The Morgan fingerprint density at radius 3 is 2.38 bits per heavy atom. The van der Waals surface area contributed by atoms with Crippen LogP contribution in [0.15, 0.2) is 24.3 Å². The Balaban J connectivity index is 2.76. The zero-order chi connectivity index (χ0) is 12.1. The number of ketones is 1. The van der Waals surface area contributed by atoms with E-state index in [1.807, 2.05) is 0 Å². The normalized spacial score (nSPS) is 26.6. The molecule has 84 valence electrons. The van der Waals surface area contributed by atoms with Crippen LogP contribution in [0.4, 0.5) is 8.78 Å². The number of rotatable bonds is 1. The van der Waals surface area contributed by atoms with Gasteiger partial charge in [-0.2, -0.15) is 8.78 Å². The maximum atomic E-state index is 13.6. The molecular formula is C10H5F2O4-. The molecule has 0 saturated carbocycles. The number of hydrogen-bond donors (Lipinski definition) is 1. The molecule has 4 nitrogen and oxygen atoms in total. The SMILES string of the molecule is O=C([O-])C1(O)C(=O)c2ccccc2C1(F)F. The molecule has 1 unspecified atom stereocenters. The van der Waals surface area contributed by atoms with E-state index in [0.717, 1.165) is 12.1 Å². The van der Waals surface area contributed by atoms with Gasteiger partial charge >= 0.3 is 5.92 Å². The molecule has 0 aromatic heterocycles. The summed E-state index contributed by atoms with van der Waals surface area (Å²) < 4.78 is 27.2. The fourth-order valence-electron chi connectivity index (χ4n) is 1.71. The molecule has 1 aliphatic carbocycles. The van der Waals surface area contributed by atoms with Crippen LogP contribution in [0.5, 0.6) is 0 Å². The van der Waals surface area contributed by atoms with Gasteiger partial charge in [-0.3, -0.25) is 4.79 Å². The van der Waals surface area contributed by atoms with Crippen LogP contribution in [0.25, 0.3) is 0 Å². The van der Waals surface area contributed by atoms with E-state index in [2.05, 4.69) is 0 Å². The lowest BCUT2D eigenvalue weighted by atomic mass is 9.96. The van der Waals surface area contributed by atoms with Crippen molar-refractivity contribution >= 4 is 11.8 Å². The number of Topliss-reactive ketones (excluding diaryl/α,β-unsaturated/α-hetero) is 1. The number of fused-ring (bicyclic) bond motifs is 1. The minimum atomic E-state index is -4.18. The zero-order valence-corrected chi connectivity index (χ0v) is 7.74. The van der Waals surface area contributed by atoms with Gasteiger partial charge in [0, 0.05) is 11.1 Å². The average Bonchev–Trinajstić information content (AvgIpc) is 2.40. The van der Waals surface area contributed by atoms with Crippen LogP contribution >= 0.6 is 0 Å². The first-order valence-electron chi connectivity index (χ1n) is 4.29. The van der Waals surface area contributed by atoms with E-state index >= 15 is 0 Å². The van der Waals surface area contributed by atoms with Crippen molar-refractivity contribution < 1.29 is 28.6 Å². The van der Waals surface area contributed by atoms with Gasteiger partial charge in [0.25, 0.3) is 0 Å². The first-order chi connectivity index (χ1) is 7.33. The first kappa shape index (κ1) is 10.7. The topological polar surface area (TPSA) is 77.4 Å². The predicted molar refractivity (Wildman–Crippen MR) is 44.6 cm³/mol. The van der Waals surface area contributed by atoms with Gasteiger partial charge in [0.1, 0.15) is 0 Å². The van der Waals surface area contributed by atoms with E-state index in [0.29, 0.717) is 0 Å². The number of alkyl halides is 2. The zero-order valence-electron chi connectivity index (χ0n) is 7.74. The molecule has 16 heavy (non-hydrogen) atoms. The fraction of sp³-hybridized carbons (Fsp3) is 0.200. The van der Waals surface area contributed by atoms with Gasteiger partial charge in [-0.05, 0) is 0 Å². The number of aliphatic carboxylic acids is 1. The molecule has 6 heteroatoms. The molecule has 0 spiro atoms. The van der Waals surface area contributed by atoms with Gasteiger partial charge in [0.15, 0.2) is 0 Å². The van der Waals surface area contributed by atoms with Crippen LogP contribution in [0.3, 0.4) is 0 Å². The Labute approximate surface area is 88.1 Å². The van der Waals surface area contributed by atoms with Crippen LogP contribution in [0.1, 0.15) is 15.9 Å². The summed E-state index contributed by atoms with van der Waals surface area (Å²) in [6.07, 6.45) is 0. The predicted octanol–water partition coefficient (Wildman–Crippen LogP) is -0.544. The smallest absolute Gasteiger partial charge is 0.314 e. The molecule has 1 atom stereocenters. The number of carboxylic acid groups (broad SMARTS) is 1. The third-order valence-corrected chi connectivity index (χ3v) is 2.59. The Morgan fingerprint density at radius 2 is 1.88 bits per heavy atom. The average molecular weight is 227 g/mol. The molecule has 1 aliphatic rings. The second kappa shape index (κ2) is 2.85. The summed E-state index contributed by atoms with van der Waals surface area (Å²) in [6.45, 7) is 0. The minimum Gasteiger partial charge on any atom is -0.546 e. The Kier molecular flexibility index (Phi) is 1.91. The maximum absolute atomic E-state index is 13.6. The molecule has 1 aromatic rings. The van der Waals surface area contributed by atoms with E-state index in [4.69, 9.17) is 0 Å². The van der Waals surface area contributed by atoms with E-state index in [9.17, 15) is 28.6 Å². The van der Waals surface area contributed by atoms with Gasteiger partial charge < -0.3 is 15.0 Å². The molecule has 0 heterocycles. The van der Waals surface area contributed by atoms with Crippen molar-refractivity contribution in [3.63, 3.8) is 0 Å². The van der Waals surface area contributed by atoms with Gasteiger partial charge in [-0.25, -0.2) is 0 Å². The summed E-state index contributed by atoms with van der Waals surface area (Å²) in [7, 11) is 0. The van der Waals surface area contributed by atoms with Crippen molar-refractivity contribution in [2.75, 3.05) is 0 Å². The molecule has 0 fully saturated rings. The first-order valence-corrected chi connectivity index (χ1v) is 4.29. The number of halogens is 2. The number of carbonyl (C=O) groups excluding carboxylic acids is 2. The van der Waals surface area contributed by atoms with Crippen LogP contribution in [0, 0.1) is 0 Å². The summed E-state index contributed by atoms with van der Waals surface area (Å²) >= 11 is 0. The van der Waals surface area contributed by atoms with Crippen molar-refractivity contribution in [2.24, 2.45) is 0 Å². The summed E-state index contributed by atoms with van der Waals surface area (Å²) in [5.41, 5.74) is -5.11. The monoisotopic (exact) mass is 227 g/mol. The highest BCUT2D eigenvalue weighted by atomic mass is 19.3. The minimum absolute atomic E-state index is 0.501. The Morgan fingerprint density at radius 1 is 1.31 bits per heavy atom. The number of hydrogen-bond acceptors (Lipinski definition) is 4. The van der Waals surface area contributed by atoms with Crippen LogP contribution in [-0.2, 0) is 10.7 Å². The van der Waals surface area contributed by atoms with Crippen molar-refractivity contribution in [2.45, 2.75) is 11.5 Å². The van der Waals surface area contributed by atoms with Crippen LogP contribution < -0.4 is 5.11 Å². The standard InChI is InChI=1S/C10H6F2O4/c11-10(12)6-4-2-1-3-5(6)7(13)9(10,16)8(14)15/h1-4,16H,(H,14,15)/p-1. The summed E-state index contributed by atoms with van der Waals surface area (Å²) in [5, 5.41) is 19.9. The second-order valence-electron chi connectivity index (χ2n) is 3.45. The van der Waals surface area contributed by atoms with Gasteiger partial charge in [0.05, 0.1) is 5.97 Å². The van der Waals surface area contributed by atoms with Gasteiger partial charge in [0.2, 0.25) is 11.4 Å². The Bertz CT molecular complexity index is 497. The molecule has 0 saturated heterocycles. The largest absolute Gasteiger partial charge is 0.546 e. The second-order valence-corrected chi connectivity index (χ2v) is 3.45. The summed E-state index contributed by atoms with van der Waals surface area (Å²) in [4.78, 5) is 22.0. The van der Waals surface area contributed by atoms with Crippen molar-refractivity contribution in [3.05, 3.63) is 35.4 Å². The molecule has 1 N–H and O–H groups in total. The number of aliphatic hydroxyl groups is 1. The van der Waals surface area contributed by atoms with E-state index in [1.54, 1.807) is 0 Å². The molecule has 0 aliphatic heterocycles. The molecule has 1 aromatic carbocycles. The highest BCUT2D eigenvalue weighted by Crippen LogP contribution is 2.48. The lowest BCUT2D eigenvalue weighted by molar-refractivity contribution is -0.333. The van der Waals surface area contributed by atoms with Gasteiger partial charge in [-0.15, -0.1) is 0 Å². The van der Waals surface area contributed by atoms with Crippen molar-refractivity contribution in [3.8, 4) is 0 Å².